The number of hydrogen-bond donors (Lipinski definition) is 0. The molecule has 12 heavy (non-hydrogen) atoms. The summed E-state index contributed by atoms with van der Waals surface area (Å²) >= 11 is 0.338. The zero-order valence-corrected chi connectivity index (χ0v) is 11.0. The summed E-state index contributed by atoms with van der Waals surface area (Å²) in [7, 11) is 4.29. The number of alkyl halides is 1. The van der Waals surface area contributed by atoms with Crippen molar-refractivity contribution in [2.45, 2.75) is 26.3 Å². The van der Waals surface area contributed by atoms with Crippen molar-refractivity contribution < 1.29 is 21.2 Å². The Kier molecular flexibility index (Phi) is 7.14. The SMILES string of the molecule is C[I-]/C=C/[C@@H](C)C[C@H](C)N(C)C. The molecule has 0 aromatic carbocycles. The van der Waals surface area contributed by atoms with E-state index in [4.69, 9.17) is 0 Å². The van der Waals surface area contributed by atoms with Crippen LogP contribution in [0.1, 0.15) is 20.3 Å². The zero-order valence-electron chi connectivity index (χ0n) is 8.84. The van der Waals surface area contributed by atoms with E-state index < -0.39 is 0 Å². The maximum absolute atomic E-state index is 2.37. The van der Waals surface area contributed by atoms with Crippen molar-refractivity contribution in [1.29, 1.82) is 0 Å². The quantitative estimate of drug-likeness (QED) is 0.471. The normalized spacial score (nSPS) is 17.5. The van der Waals surface area contributed by atoms with Crippen molar-refractivity contribution in [2.24, 2.45) is 5.92 Å². The summed E-state index contributed by atoms with van der Waals surface area (Å²) in [5.41, 5.74) is 0. The average molecular weight is 282 g/mol. The van der Waals surface area contributed by atoms with E-state index in [-0.39, 0.29) is 0 Å². The van der Waals surface area contributed by atoms with E-state index in [9.17, 15) is 0 Å². The topological polar surface area (TPSA) is 3.24 Å². The second-order valence-corrected chi connectivity index (χ2v) is 5.53. The monoisotopic (exact) mass is 282 g/mol. The Bertz CT molecular complexity index is 132. The van der Waals surface area contributed by atoms with Crippen LogP contribution < -0.4 is 21.2 Å². The first-order valence-corrected chi connectivity index (χ1v) is 7.79. The van der Waals surface area contributed by atoms with Crippen LogP contribution >= 0.6 is 0 Å². The summed E-state index contributed by atoms with van der Waals surface area (Å²) < 4.78 is 2.37. The molecule has 0 aromatic heterocycles. The van der Waals surface area contributed by atoms with Gasteiger partial charge in [-0.15, -0.1) is 0 Å². The molecule has 74 valence electrons. The van der Waals surface area contributed by atoms with E-state index in [1.807, 2.05) is 0 Å². The van der Waals surface area contributed by atoms with Gasteiger partial charge in [0.05, 0.1) is 0 Å². The van der Waals surface area contributed by atoms with Crippen LogP contribution in [0.2, 0.25) is 0 Å². The average Bonchev–Trinajstić information content (AvgIpc) is 2.00. The van der Waals surface area contributed by atoms with Crippen LogP contribution in [0.4, 0.5) is 0 Å². The van der Waals surface area contributed by atoms with Gasteiger partial charge in [-0.2, -0.15) is 0 Å². The third kappa shape index (κ3) is 6.00. The fourth-order valence-corrected chi connectivity index (χ4v) is 2.15. The first-order chi connectivity index (χ1) is 5.57. The summed E-state index contributed by atoms with van der Waals surface area (Å²) in [5.74, 6) is 0.738. The zero-order chi connectivity index (χ0) is 9.56. The predicted molar refractivity (Wildman–Crippen MR) is 52.0 cm³/mol. The van der Waals surface area contributed by atoms with Crippen LogP contribution in [0.15, 0.2) is 10.2 Å². The second-order valence-electron chi connectivity index (χ2n) is 3.56. The molecule has 0 saturated heterocycles. The van der Waals surface area contributed by atoms with Gasteiger partial charge in [-0.3, -0.25) is 0 Å². The number of nitrogens with zero attached hydrogens (tertiary/aromatic N) is 1. The van der Waals surface area contributed by atoms with Crippen LogP contribution in [0.25, 0.3) is 0 Å². The van der Waals surface area contributed by atoms with Crippen molar-refractivity contribution in [3.8, 4) is 0 Å². The second kappa shape index (κ2) is 6.89. The summed E-state index contributed by atoms with van der Waals surface area (Å²) in [6.45, 7) is 4.58. The molecule has 0 heterocycles. The molecule has 0 fully saturated rings. The van der Waals surface area contributed by atoms with E-state index in [2.05, 4.69) is 47.9 Å². The van der Waals surface area contributed by atoms with Gasteiger partial charge in [0.25, 0.3) is 0 Å². The van der Waals surface area contributed by atoms with Gasteiger partial charge in [0.2, 0.25) is 0 Å². The van der Waals surface area contributed by atoms with Gasteiger partial charge in [0, 0.05) is 0 Å². The minimum absolute atomic E-state index is 0.338. The van der Waals surface area contributed by atoms with Gasteiger partial charge in [-0.05, 0) is 0 Å². The van der Waals surface area contributed by atoms with Crippen molar-refractivity contribution in [2.75, 3.05) is 19.0 Å². The van der Waals surface area contributed by atoms with Crippen LogP contribution in [0.5, 0.6) is 0 Å². The molecular weight excluding hydrogens is 261 g/mol. The molecule has 0 unspecified atom stereocenters. The molecule has 0 bridgehead atoms. The number of hydrogen-bond acceptors (Lipinski definition) is 1. The molecule has 2 heteroatoms. The van der Waals surface area contributed by atoms with Gasteiger partial charge in [-0.1, -0.05) is 0 Å². The van der Waals surface area contributed by atoms with Crippen molar-refractivity contribution >= 4 is 0 Å². The third-order valence-corrected chi connectivity index (χ3v) is 3.26. The summed E-state index contributed by atoms with van der Waals surface area (Å²) in [6.07, 6.45) is 3.64. The summed E-state index contributed by atoms with van der Waals surface area (Å²) in [4.78, 5) is 4.57. The maximum atomic E-state index is 2.37. The number of rotatable bonds is 5. The standard InChI is InChI=1S/C10H21IN/c1-9(6-7-11-3)8-10(2)12(4)5/h6-7,9-10H,8H2,1-5H3/q-1/b7-6+/t9-,10+/m1/s1. The molecule has 0 N–H and O–H groups in total. The molecule has 0 aliphatic rings. The van der Waals surface area contributed by atoms with E-state index in [1.165, 1.54) is 6.42 Å². The van der Waals surface area contributed by atoms with Crippen molar-refractivity contribution in [1.82, 2.24) is 4.90 Å². The van der Waals surface area contributed by atoms with E-state index in [0.717, 1.165) is 5.92 Å². The fourth-order valence-electron chi connectivity index (χ4n) is 1.02. The molecule has 0 rings (SSSR count). The Hall–Kier alpha value is 0.430. The Labute approximate surface area is 87.5 Å². The van der Waals surface area contributed by atoms with Gasteiger partial charge in [0.1, 0.15) is 0 Å². The Morgan fingerprint density at radius 2 is 1.92 bits per heavy atom. The minimum atomic E-state index is 0.338. The Morgan fingerprint density at radius 3 is 2.33 bits per heavy atom. The molecule has 0 amide bonds. The van der Waals surface area contributed by atoms with E-state index in [1.54, 1.807) is 0 Å². The molecule has 0 spiro atoms. The predicted octanol–water partition coefficient (Wildman–Crippen LogP) is -0.805. The summed E-state index contributed by atoms with van der Waals surface area (Å²) in [6, 6.07) is 0.694. The molecule has 0 saturated carbocycles. The van der Waals surface area contributed by atoms with Crippen molar-refractivity contribution in [3.63, 3.8) is 0 Å². The third-order valence-electron chi connectivity index (χ3n) is 2.12. The van der Waals surface area contributed by atoms with Gasteiger partial charge >= 0.3 is 87.5 Å². The van der Waals surface area contributed by atoms with Crippen LogP contribution in [-0.4, -0.2) is 30.0 Å². The summed E-state index contributed by atoms with van der Waals surface area (Å²) in [5, 5.41) is 0. The first kappa shape index (κ1) is 12.4. The van der Waals surface area contributed by atoms with Crippen LogP contribution in [0.3, 0.4) is 0 Å². The molecular formula is C10H21IN-. The Morgan fingerprint density at radius 1 is 1.33 bits per heavy atom. The van der Waals surface area contributed by atoms with E-state index in [0.29, 0.717) is 27.2 Å². The van der Waals surface area contributed by atoms with Gasteiger partial charge in [0.15, 0.2) is 0 Å². The number of halogens is 1. The van der Waals surface area contributed by atoms with Gasteiger partial charge in [-0.25, -0.2) is 0 Å². The number of allylic oxidation sites excluding steroid dienone is 1. The molecule has 1 nitrogen and oxygen atoms in total. The Balaban J connectivity index is 3.68. The van der Waals surface area contributed by atoms with Crippen LogP contribution in [-0.2, 0) is 0 Å². The molecule has 0 aromatic rings. The van der Waals surface area contributed by atoms with Crippen molar-refractivity contribution in [3.05, 3.63) is 10.2 Å². The fraction of sp³-hybridized carbons (Fsp3) is 0.800. The molecule has 0 aliphatic heterocycles. The van der Waals surface area contributed by atoms with Gasteiger partial charge < -0.3 is 0 Å². The van der Waals surface area contributed by atoms with E-state index >= 15 is 0 Å². The molecule has 0 aliphatic carbocycles. The first-order valence-electron chi connectivity index (χ1n) is 4.39. The molecule has 0 radical (unpaired) electrons. The van der Waals surface area contributed by atoms with Crippen LogP contribution in [0, 0.1) is 5.92 Å². The molecule has 2 atom stereocenters.